The van der Waals surface area contributed by atoms with Crippen LogP contribution in [0.2, 0.25) is 5.02 Å². The summed E-state index contributed by atoms with van der Waals surface area (Å²) in [6.45, 7) is 4.44. The fraction of sp³-hybridized carbons (Fsp3) is 0.462. The zero-order chi connectivity index (χ0) is 13.7. The van der Waals surface area contributed by atoms with Crippen LogP contribution in [0, 0.1) is 5.92 Å². The second-order valence-electron chi connectivity index (χ2n) is 4.46. The highest BCUT2D eigenvalue weighted by atomic mass is 35.5. The van der Waals surface area contributed by atoms with E-state index >= 15 is 0 Å². The number of benzene rings is 1. The van der Waals surface area contributed by atoms with Crippen LogP contribution in [0.4, 0.5) is 0 Å². The van der Waals surface area contributed by atoms with Crippen molar-refractivity contribution in [3.05, 3.63) is 28.8 Å². The van der Waals surface area contributed by atoms with Gasteiger partial charge in [-0.1, -0.05) is 25.4 Å². The van der Waals surface area contributed by atoms with Crippen LogP contribution in [0.3, 0.4) is 0 Å². The predicted octanol–water partition coefficient (Wildman–Crippen LogP) is 2.06. The first-order chi connectivity index (χ1) is 8.45. The summed E-state index contributed by atoms with van der Waals surface area (Å²) in [5.41, 5.74) is 6.29. The molecule has 0 aromatic heterocycles. The van der Waals surface area contributed by atoms with Gasteiger partial charge in [0.1, 0.15) is 5.75 Å². The normalized spacial score (nSPS) is 12.3. The van der Waals surface area contributed by atoms with Crippen molar-refractivity contribution in [2.24, 2.45) is 11.7 Å². The van der Waals surface area contributed by atoms with Crippen molar-refractivity contribution in [1.29, 1.82) is 0 Å². The van der Waals surface area contributed by atoms with Crippen LogP contribution < -0.4 is 15.8 Å². The van der Waals surface area contributed by atoms with Crippen molar-refractivity contribution in [3.63, 3.8) is 0 Å². The topological polar surface area (TPSA) is 64.3 Å². The van der Waals surface area contributed by atoms with Crippen LogP contribution in [0.1, 0.15) is 24.2 Å². The maximum absolute atomic E-state index is 12.0. The molecule has 18 heavy (non-hydrogen) atoms. The molecule has 0 aliphatic rings. The number of nitrogens with one attached hydrogen (secondary N) is 1. The smallest absolute Gasteiger partial charge is 0.255 e. The molecule has 0 aliphatic carbocycles. The van der Waals surface area contributed by atoms with Crippen LogP contribution in [-0.4, -0.2) is 25.6 Å². The summed E-state index contributed by atoms with van der Waals surface area (Å²) in [7, 11) is 1.51. The van der Waals surface area contributed by atoms with E-state index in [1.807, 2.05) is 13.8 Å². The van der Waals surface area contributed by atoms with Gasteiger partial charge >= 0.3 is 0 Å². The third-order valence-electron chi connectivity index (χ3n) is 2.76. The van der Waals surface area contributed by atoms with Gasteiger partial charge in [-0.3, -0.25) is 4.79 Å². The number of carbonyl (C=O) groups excluding carboxylic acids is 1. The fourth-order valence-electron chi connectivity index (χ4n) is 1.40. The van der Waals surface area contributed by atoms with Gasteiger partial charge in [-0.05, 0) is 24.1 Å². The Morgan fingerprint density at radius 3 is 2.72 bits per heavy atom. The summed E-state index contributed by atoms with van der Waals surface area (Å²) >= 11 is 5.87. The van der Waals surface area contributed by atoms with Gasteiger partial charge in [0.25, 0.3) is 5.91 Å². The Kier molecular flexibility index (Phi) is 5.44. The lowest BCUT2D eigenvalue weighted by molar-refractivity contribution is 0.0946. The first kappa shape index (κ1) is 14.8. The van der Waals surface area contributed by atoms with Crippen molar-refractivity contribution in [2.45, 2.75) is 19.9 Å². The molecule has 3 N–H and O–H groups in total. The molecule has 0 spiro atoms. The first-order valence-corrected chi connectivity index (χ1v) is 6.20. The molecule has 1 aromatic carbocycles. The third-order valence-corrected chi connectivity index (χ3v) is 3.00. The average Bonchev–Trinajstić information content (AvgIpc) is 2.35. The molecule has 0 fully saturated rings. The summed E-state index contributed by atoms with van der Waals surface area (Å²) in [5, 5.41) is 3.27. The van der Waals surface area contributed by atoms with E-state index in [4.69, 9.17) is 22.1 Å². The number of rotatable bonds is 5. The molecule has 0 saturated carbocycles. The largest absolute Gasteiger partial charge is 0.496 e. The highest BCUT2D eigenvalue weighted by Gasteiger charge is 2.14. The van der Waals surface area contributed by atoms with E-state index in [1.165, 1.54) is 7.11 Å². The highest BCUT2D eigenvalue weighted by molar-refractivity contribution is 6.31. The molecule has 0 heterocycles. The maximum Gasteiger partial charge on any atom is 0.255 e. The third kappa shape index (κ3) is 3.89. The van der Waals surface area contributed by atoms with E-state index < -0.39 is 0 Å². The Morgan fingerprint density at radius 2 is 2.17 bits per heavy atom. The maximum atomic E-state index is 12.0. The second-order valence-corrected chi connectivity index (χ2v) is 4.90. The van der Waals surface area contributed by atoms with E-state index in [0.29, 0.717) is 28.8 Å². The molecular formula is C13H19ClN2O2. The quantitative estimate of drug-likeness (QED) is 0.861. The highest BCUT2D eigenvalue weighted by Crippen LogP contribution is 2.22. The lowest BCUT2D eigenvalue weighted by Gasteiger charge is -2.16. The fourth-order valence-corrected chi connectivity index (χ4v) is 1.57. The zero-order valence-corrected chi connectivity index (χ0v) is 11.6. The monoisotopic (exact) mass is 270 g/mol. The summed E-state index contributed by atoms with van der Waals surface area (Å²) in [6.07, 6.45) is 0. The Hall–Kier alpha value is -1.26. The van der Waals surface area contributed by atoms with Crippen molar-refractivity contribution in [3.8, 4) is 5.75 Å². The van der Waals surface area contributed by atoms with E-state index in [1.54, 1.807) is 18.2 Å². The van der Waals surface area contributed by atoms with Gasteiger partial charge in [0.05, 0.1) is 12.7 Å². The van der Waals surface area contributed by atoms with E-state index in [0.717, 1.165) is 0 Å². The predicted molar refractivity (Wildman–Crippen MR) is 73.2 cm³/mol. The molecule has 1 rings (SSSR count). The van der Waals surface area contributed by atoms with Gasteiger partial charge in [0.2, 0.25) is 0 Å². The molecule has 0 bridgehead atoms. The molecule has 1 atom stereocenters. The lowest BCUT2D eigenvalue weighted by atomic mass is 10.1. The zero-order valence-electron chi connectivity index (χ0n) is 10.9. The number of amides is 1. The Labute approximate surface area is 112 Å². The standard InChI is InChI=1S/C13H19ClN2O2/c1-8(2)11(15)7-16-13(17)10-6-9(14)4-5-12(10)18-3/h4-6,8,11H,7,15H2,1-3H3,(H,16,17). The number of nitrogens with two attached hydrogens (primary N) is 1. The van der Waals surface area contributed by atoms with Crippen molar-refractivity contribution >= 4 is 17.5 Å². The Balaban J connectivity index is 2.75. The first-order valence-electron chi connectivity index (χ1n) is 5.83. The average molecular weight is 271 g/mol. The number of carbonyl (C=O) groups is 1. The van der Waals surface area contributed by atoms with Gasteiger partial charge < -0.3 is 15.8 Å². The van der Waals surface area contributed by atoms with E-state index in [2.05, 4.69) is 5.32 Å². The number of methoxy groups -OCH3 is 1. The van der Waals surface area contributed by atoms with Crippen LogP contribution in [0.25, 0.3) is 0 Å². The Morgan fingerprint density at radius 1 is 1.50 bits per heavy atom. The molecule has 0 aliphatic heterocycles. The molecule has 4 nitrogen and oxygen atoms in total. The van der Waals surface area contributed by atoms with Crippen LogP contribution in [0.5, 0.6) is 5.75 Å². The molecule has 1 unspecified atom stereocenters. The van der Waals surface area contributed by atoms with Crippen molar-refractivity contribution < 1.29 is 9.53 Å². The minimum atomic E-state index is -0.231. The number of hydrogen-bond acceptors (Lipinski definition) is 3. The number of hydrogen-bond donors (Lipinski definition) is 2. The van der Waals surface area contributed by atoms with E-state index in [9.17, 15) is 4.79 Å². The van der Waals surface area contributed by atoms with Gasteiger partial charge in [-0.2, -0.15) is 0 Å². The van der Waals surface area contributed by atoms with Gasteiger partial charge in [0.15, 0.2) is 0 Å². The van der Waals surface area contributed by atoms with Gasteiger partial charge in [0, 0.05) is 17.6 Å². The molecule has 0 saturated heterocycles. The van der Waals surface area contributed by atoms with Crippen LogP contribution in [-0.2, 0) is 0 Å². The molecule has 100 valence electrons. The summed E-state index contributed by atoms with van der Waals surface area (Å²) < 4.78 is 5.12. The SMILES string of the molecule is COc1ccc(Cl)cc1C(=O)NCC(N)C(C)C. The Bertz CT molecular complexity index is 421. The summed E-state index contributed by atoms with van der Waals surface area (Å²) in [5.74, 6) is 0.576. The van der Waals surface area contributed by atoms with Crippen molar-refractivity contribution in [1.82, 2.24) is 5.32 Å². The van der Waals surface area contributed by atoms with Crippen molar-refractivity contribution in [2.75, 3.05) is 13.7 Å². The lowest BCUT2D eigenvalue weighted by Crippen LogP contribution is -2.40. The minimum Gasteiger partial charge on any atom is -0.496 e. The summed E-state index contributed by atoms with van der Waals surface area (Å²) in [4.78, 5) is 12.0. The second kappa shape index (κ2) is 6.61. The molecular weight excluding hydrogens is 252 g/mol. The molecule has 1 aromatic rings. The van der Waals surface area contributed by atoms with E-state index in [-0.39, 0.29) is 11.9 Å². The number of halogens is 1. The number of ether oxygens (including phenoxy) is 1. The summed E-state index contributed by atoms with van der Waals surface area (Å²) in [6, 6.07) is 4.85. The minimum absolute atomic E-state index is 0.0703. The van der Waals surface area contributed by atoms with Gasteiger partial charge in [-0.25, -0.2) is 0 Å². The van der Waals surface area contributed by atoms with Crippen LogP contribution >= 0.6 is 11.6 Å². The molecule has 5 heteroatoms. The van der Waals surface area contributed by atoms with Gasteiger partial charge in [-0.15, -0.1) is 0 Å². The molecule has 1 amide bonds. The molecule has 0 radical (unpaired) electrons. The van der Waals surface area contributed by atoms with Crippen LogP contribution in [0.15, 0.2) is 18.2 Å².